The lowest BCUT2D eigenvalue weighted by molar-refractivity contribution is 0.127. The minimum Gasteiger partial charge on any atom is -0.309 e. The largest absolute Gasteiger partial charge is 0.309 e. The maximum Gasteiger partial charge on any atom is 0.0208 e. The second kappa shape index (κ2) is 6.73. The SMILES string of the molecule is CCCC1CC(NCc2ccccc2)CN(C2CC2)C1. The summed E-state index contributed by atoms with van der Waals surface area (Å²) in [6.07, 6.45) is 6.96. The van der Waals surface area contributed by atoms with Crippen LogP contribution in [0.3, 0.4) is 0 Å². The summed E-state index contributed by atoms with van der Waals surface area (Å²) < 4.78 is 0. The third-order valence-electron chi connectivity index (χ3n) is 4.76. The normalized spacial score (nSPS) is 27.6. The van der Waals surface area contributed by atoms with E-state index in [1.165, 1.54) is 50.8 Å². The summed E-state index contributed by atoms with van der Waals surface area (Å²) >= 11 is 0. The molecule has 1 N–H and O–H groups in total. The highest BCUT2D eigenvalue weighted by molar-refractivity contribution is 5.14. The molecule has 0 amide bonds. The van der Waals surface area contributed by atoms with E-state index in [2.05, 4.69) is 47.5 Å². The predicted octanol–water partition coefficient (Wildman–Crippen LogP) is 3.43. The molecule has 3 rings (SSSR count). The van der Waals surface area contributed by atoms with E-state index in [-0.39, 0.29) is 0 Å². The average molecular weight is 272 g/mol. The summed E-state index contributed by atoms with van der Waals surface area (Å²) in [6, 6.07) is 12.4. The van der Waals surface area contributed by atoms with Gasteiger partial charge in [-0.25, -0.2) is 0 Å². The molecule has 20 heavy (non-hydrogen) atoms. The van der Waals surface area contributed by atoms with Gasteiger partial charge in [0.05, 0.1) is 0 Å². The molecule has 1 saturated heterocycles. The van der Waals surface area contributed by atoms with Crippen LogP contribution in [-0.2, 0) is 6.54 Å². The standard InChI is InChI=1S/C18H28N2/c1-2-6-16-11-17(14-20(13-16)18-9-10-18)19-12-15-7-4-3-5-8-15/h3-5,7-8,16-19H,2,6,9-14H2,1H3. The molecule has 2 heteroatoms. The predicted molar refractivity (Wildman–Crippen MR) is 84.7 cm³/mol. The summed E-state index contributed by atoms with van der Waals surface area (Å²) in [5.74, 6) is 0.905. The van der Waals surface area contributed by atoms with E-state index in [4.69, 9.17) is 0 Å². The third-order valence-corrected chi connectivity index (χ3v) is 4.76. The number of piperidine rings is 1. The number of nitrogens with one attached hydrogen (secondary N) is 1. The monoisotopic (exact) mass is 272 g/mol. The lowest BCUT2D eigenvalue weighted by atomic mass is 9.90. The van der Waals surface area contributed by atoms with Crippen LogP contribution in [0.4, 0.5) is 0 Å². The van der Waals surface area contributed by atoms with Crippen LogP contribution in [0, 0.1) is 5.92 Å². The zero-order chi connectivity index (χ0) is 13.8. The zero-order valence-electron chi connectivity index (χ0n) is 12.7. The van der Waals surface area contributed by atoms with Gasteiger partial charge in [-0.05, 0) is 37.2 Å². The molecule has 1 aliphatic carbocycles. The van der Waals surface area contributed by atoms with Crippen molar-refractivity contribution in [2.45, 2.75) is 57.7 Å². The molecule has 2 aliphatic rings. The molecule has 2 atom stereocenters. The van der Waals surface area contributed by atoms with Gasteiger partial charge in [0.1, 0.15) is 0 Å². The fraction of sp³-hybridized carbons (Fsp3) is 0.667. The Labute approximate surface area is 123 Å². The molecular formula is C18H28N2. The molecule has 110 valence electrons. The van der Waals surface area contributed by atoms with Gasteiger partial charge in [-0.1, -0.05) is 43.7 Å². The molecule has 1 aromatic carbocycles. The fourth-order valence-electron chi connectivity index (χ4n) is 3.60. The fourth-order valence-corrected chi connectivity index (χ4v) is 3.60. The van der Waals surface area contributed by atoms with Crippen LogP contribution in [-0.4, -0.2) is 30.1 Å². The van der Waals surface area contributed by atoms with Crippen molar-refractivity contribution in [2.24, 2.45) is 5.92 Å². The molecule has 0 bridgehead atoms. The van der Waals surface area contributed by atoms with E-state index in [9.17, 15) is 0 Å². The van der Waals surface area contributed by atoms with Crippen molar-refractivity contribution in [1.82, 2.24) is 10.2 Å². The number of hydrogen-bond donors (Lipinski definition) is 1. The highest BCUT2D eigenvalue weighted by atomic mass is 15.2. The van der Waals surface area contributed by atoms with Gasteiger partial charge in [0, 0.05) is 31.7 Å². The molecule has 2 nitrogen and oxygen atoms in total. The van der Waals surface area contributed by atoms with Crippen LogP contribution in [0.1, 0.15) is 44.6 Å². The summed E-state index contributed by atoms with van der Waals surface area (Å²) in [5.41, 5.74) is 1.41. The van der Waals surface area contributed by atoms with Crippen molar-refractivity contribution in [1.29, 1.82) is 0 Å². The van der Waals surface area contributed by atoms with Gasteiger partial charge in [-0.3, -0.25) is 4.90 Å². The summed E-state index contributed by atoms with van der Waals surface area (Å²) in [4.78, 5) is 2.76. The summed E-state index contributed by atoms with van der Waals surface area (Å²) in [5, 5.41) is 3.80. The highest BCUT2D eigenvalue weighted by Gasteiger charge is 2.35. The Bertz CT molecular complexity index is 399. The number of rotatable bonds is 6. The second-order valence-corrected chi connectivity index (χ2v) is 6.64. The van der Waals surface area contributed by atoms with E-state index in [0.29, 0.717) is 6.04 Å². The Hall–Kier alpha value is -0.860. The average Bonchev–Trinajstić information content (AvgIpc) is 3.31. The first kappa shape index (κ1) is 14.1. The Balaban J connectivity index is 1.54. The minimum absolute atomic E-state index is 0.682. The van der Waals surface area contributed by atoms with Gasteiger partial charge in [0.25, 0.3) is 0 Å². The number of benzene rings is 1. The van der Waals surface area contributed by atoms with Crippen molar-refractivity contribution < 1.29 is 0 Å². The number of nitrogens with zero attached hydrogens (tertiary/aromatic N) is 1. The second-order valence-electron chi connectivity index (χ2n) is 6.64. The number of hydrogen-bond acceptors (Lipinski definition) is 2. The smallest absolute Gasteiger partial charge is 0.0208 e. The first-order chi connectivity index (χ1) is 9.85. The van der Waals surface area contributed by atoms with Gasteiger partial charge in [-0.15, -0.1) is 0 Å². The first-order valence-electron chi connectivity index (χ1n) is 8.36. The van der Waals surface area contributed by atoms with Crippen LogP contribution in [0.5, 0.6) is 0 Å². The molecule has 2 unspecified atom stereocenters. The van der Waals surface area contributed by atoms with Gasteiger partial charge >= 0.3 is 0 Å². The Kier molecular flexibility index (Phi) is 4.74. The van der Waals surface area contributed by atoms with Crippen LogP contribution in [0.2, 0.25) is 0 Å². The quantitative estimate of drug-likeness (QED) is 0.853. The van der Waals surface area contributed by atoms with Crippen LogP contribution in [0.25, 0.3) is 0 Å². The van der Waals surface area contributed by atoms with Crippen LogP contribution < -0.4 is 5.32 Å². The van der Waals surface area contributed by atoms with Crippen molar-refractivity contribution in [3.8, 4) is 0 Å². The summed E-state index contributed by atoms with van der Waals surface area (Å²) in [6.45, 7) is 5.95. The van der Waals surface area contributed by atoms with Gasteiger partial charge in [0.2, 0.25) is 0 Å². The zero-order valence-corrected chi connectivity index (χ0v) is 12.7. The molecule has 1 heterocycles. The van der Waals surface area contributed by atoms with Crippen molar-refractivity contribution in [2.75, 3.05) is 13.1 Å². The minimum atomic E-state index is 0.682. The maximum atomic E-state index is 3.80. The molecule has 0 spiro atoms. The molecule has 0 radical (unpaired) electrons. The molecule has 1 aliphatic heterocycles. The van der Waals surface area contributed by atoms with Gasteiger partial charge in [-0.2, -0.15) is 0 Å². The Morgan fingerprint density at radius 2 is 1.95 bits per heavy atom. The first-order valence-corrected chi connectivity index (χ1v) is 8.36. The van der Waals surface area contributed by atoms with E-state index < -0.39 is 0 Å². The van der Waals surface area contributed by atoms with E-state index >= 15 is 0 Å². The van der Waals surface area contributed by atoms with E-state index in [1.54, 1.807) is 0 Å². The van der Waals surface area contributed by atoms with Gasteiger partial charge in [0.15, 0.2) is 0 Å². The third kappa shape index (κ3) is 3.83. The van der Waals surface area contributed by atoms with Crippen LogP contribution >= 0.6 is 0 Å². The van der Waals surface area contributed by atoms with E-state index in [0.717, 1.165) is 18.5 Å². The van der Waals surface area contributed by atoms with Crippen LogP contribution in [0.15, 0.2) is 30.3 Å². The topological polar surface area (TPSA) is 15.3 Å². The van der Waals surface area contributed by atoms with E-state index in [1.807, 2.05) is 0 Å². The van der Waals surface area contributed by atoms with Crippen molar-refractivity contribution >= 4 is 0 Å². The molecule has 2 fully saturated rings. The van der Waals surface area contributed by atoms with Gasteiger partial charge < -0.3 is 5.32 Å². The lowest BCUT2D eigenvalue weighted by Gasteiger charge is -2.38. The molecular weight excluding hydrogens is 244 g/mol. The summed E-state index contributed by atoms with van der Waals surface area (Å²) in [7, 11) is 0. The maximum absolute atomic E-state index is 3.80. The Morgan fingerprint density at radius 3 is 2.65 bits per heavy atom. The lowest BCUT2D eigenvalue weighted by Crippen LogP contribution is -2.49. The van der Waals surface area contributed by atoms with Crippen molar-refractivity contribution in [3.63, 3.8) is 0 Å². The highest BCUT2D eigenvalue weighted by Crippen LogP contribution is 2.32. The molecule has 1 aromatic rings. The molecule has 0 aromatic heterocycles. The van der Waals surface area contributed by atoms with Crippen molar-refractivity contribution in [3.05, 3.63) is 35.9 Å². The molecule has 1 saturated carbocycles. The Morgan fingerprint density at radius 1 is 1.15 bits per heavy atom. The number of likely N-dealkylation sites (tertiary alicyclic amines) is 1.